The van der Waals surface area contributed by atoms with Crippen molar-refractivity contribution in [1.82, 2.24) is 10.5 Å². The molecule has 7 nitrogen and oxygen atoms in total. The summed E-state index contributed by atoms with van der Waals surface area (Å²) in [6.45, 7) is 3.74. The number of carboxylic acid groups (broad SMARTS) is 1. The lowest BCUT2D eigenvalue weighted by Gasteiger charge is -2.09. The number of carbonyl (C=O) groups excluding carboxylic acids is 1. The van der Waals surface area contributed by atoms with Crippen LogP contribution in [0.25, 0.3) is 0 Å². The molecule has 0 saturated carbocycles. The molecule has 3 N–H and O–H groups in total. The summed E-state index contributed by atoms with van der Waals surface area (Å²) in [5, 5.41) is 17.9. The zero-order valence-electron chi connectivity index (χ0n) is 11.6. The van der Waals surface area contributed by atoms with E-state index in [1.807, 2.05) is 0 Å². The molecule has 2 amide bonds. The Bertz CT molecular complexity index is 679. The predicted octanol–water partition coefficient (Wildman–Crippen LogP) is 2.31. The maximum absolute atomic E-state index is 11.8. The number of nitrogens with zero attached hydrogens (tertiary/aromatic N) is 1. The first-order valence-electron chi connectivity index (χ1n) is 6.26. The zero-order chi connectivity index (χ0) is 15.4. The molecule has 0 unspecified atom stereocenters. The van der Waals surface area contributed by atoms with Gasteiger partial charge in [-0.1, -0.05) is 5.16 Å². The minimum absolute atomic E-state index is 0.176. The van der Waals surface area contributed by atoms with Crippen LogP contribution < -0.4 is 10.6 Å². The van der Waals surface area contributed by atoms with Gasteiger partial charge in [-0.3, -0.25) is 0 Å². The lowest BCUT2D eigenvalue weighted by Crippen LogP contribution is -2.28. The van der Waals surface area contributed by atoms with Gasteiger partial charge in [0.15, 0.2) is 5.76 Å². The highest BCUT2D eigenvalue weighted by molar-refractivity contribution is 5.92. The molecular weight excluding hydrogens is 274 g/mol. The number of amides is 2. The highest BCUT2D eigenvalue weighted by Gasteiger charge is 2.09. The number of carboxylic acids is 1. The lowest BCUT2D eigenvalue weighted by molar-refractivity contribution is 0.0697. The molecule has 1 aromatic carbocycles. The van der Waals surface area contributed by atoms with Crippen LogP contribution in [0.4, 0.5) is 10.5 Å². The van der Waals surface area contributed by atoms with Crippen molar-refractivity contribution in [2.24, 2.45) is 0 Å². The molecule has 110 valence electrons. The molecule has 0 aliphatic heterocycles. The molecule has 21 heavy (non-hydrogen) atoms. The van der Waals surface area contributed by atoms with Crippen LogP contribution in [0.5, 0.6) is 0 Å². The summed E-state index contributed by atoms with van der Waals surface area (Å²) >= 11 is 0. The van der Waals surface area contributed by atoms with Gasteiger partial charge < -0.3 is 20.3 Å². The summed E-state index contributed by atoms with van der Waals surface area (Å²) in [5.41, 5.74) is 2.13. The summed E-state index contributed by atoms with van der Waals surface area (Å²) in [5.74, 6) is -0.449. The van der Waals surface area contributed by atoms with Crippen molar-refractivity contribution in [2.75, 3.05) is 5.32 Å². The number of carbonyl (C=O) groups is 2. The number of anilines is 1. The summed E-state index contributed by atoms with van der Waals surface area (Å²) in [6.07, 6.45) is 0. The topological polar surface area (TPSA) is 104 Å². The predicted molar refractivity (Wildman–Crippen MR) is 75.2 cm³/mol. The first-order valence-corrected chi connectivity index (χ1v) is 6.26. The van der Waals surface area contributed by atoms with Crippen LogP contribution in [0.2, 0.25) is 0 Å². The van der Waals surface area contributed by atoms with E-state index in [2.05, 4.69) is 15.8 Å². The Hall–Kier alpha value is -2.83. The third-order valence-corrected chi connectivity index (χ3v) is 2.82. The minimum Gasteiger partial charge on any atom is -0.478 e. The van der Waals surface area contributed by atoms with Crippen molar-refractivity contribution in [3.63, 3.8) is 0 Å². The second kappa shape index (κ2) is 6.08. The number of hydrogen-bond donors (Lipinski definition) is 3. The fourth-order valence-electron chi connectivity index (χ4n) is 1.77. The monoisotopic (exact) mass is 289 g/mol. The molecule has 7 heteroatoms. The Morgan fingerprint density at radius 2 is 2.05 bits per heavy atom. The van der Waals surface area contributed by atoms with Crippen LogP contribution in [0.15, 0.2) is 28.8 Å². The third kappa shape index (κ3) is 3.82. The van der Waals surface area contributed by atoms with Crippen molar-refractivity contribution in [3.8, 4) is 0 Å². The van der Waals surface area contributed by atoms with Crippen molar-refractivity contribution < 1.29 is 19.2 Å². The fraction of sp³-hybridized carbons (Fsp3) is 0.214. The van der Waals surface area contributed by atoms with Gasteiger partial charge in [-0.2, -0.15) is 0 Å². The molecule has 1 aromatic heterocycles. The van der Waals surface area contributed by atoms with Crippen molar-refractivity contribution in [3.05, 3.63) is 46.8 Å². The molecule has 0 aliphatic carbocycles. The van der Waals surface area contributed by atoms with E-state index in [1.54, 1.807) is 26.0 Å². The van der Waals surface area contributed by atoms with Crippen LogP contribution in [0, 0.1) is 13.8 Å². The molecule has 1 heterocycles. The SMILES string of the molecule is Cc1cc(CNC(=O)Nc2ccc(C(=O)O)cc2C)on1. The van der Waals surface area contributed by atoms with Crippen LogP contribution in [-0.2, 0) is 6.54 Å². The van der Waals surface area contributed by atoms with E-state index in [4.69, 9.17) is 9.63 Å². The van der Waals surface area contributed by atoms with Gasteiger partial charge in [-0.05, 0) is 37.6 Å². The number of aromatic nitrogens is 1. The van der Waals surface area contributed by atoms with Crippen LogP contribution >= 0.6 is 0 Å². The van der Waals surface area contributed by atoms with Gasteiger partial charge in [0, 0.05) is 11.8 Å². The number of aryl methyl sites for hydroxylation is 2. The van der Waals surface area contributed by atoms with Gasteiger partial charge in [0.05, 0.1) is 17.8 Å². The minimum atomic E-state index is -1.00. The number of nitrogens with one attached hydrogen (secondary N) is 2. The van der Waals surface area contributed by atoms with Gasteiger partial charge in [0.1, 0.15) is 0 Å². The first kappa shape index (κ1) is 14.6. The average molecular weight is 289 g/mol. The normalized spacial score (nSPS) is 10.2. The Balaban J connectivity index is 1.94. The highest BCUT2D eigenvalue weighted by atomic mass is 16.5. The van der Waals surface area contributed by atoms with Gasteiger partial charge in [0.2, 0.25) is 0 Å². The maximum Gasteiger partial charge on any atom is 0.335 e. The van der Waals surface area contributed by atoms with E-state index in [1.165, 1.54) is 12.1 Å². The molecule has 0 spiro atoms. The first-order chi connectivity index (χ1) is 9.95. The molecule has 0 saturated heterocycles. The van der Waals surface area contributed by atoms with Crippen molar-refractivity contribution >= 4 is 17.7 Å². The standard InChI is InChI=1S/C14H15N3O4/c1-8-5-10(13(18)19)3-4-12(8)16-14(20)15-7-11-6-9(2)17-21-11/h3-6H,7H2,1-2H3,(H,18,19)(H2,15,16,20). The van der Waals surface area contributed by atoms with E-state index < -0.39 is 12.0 Å². The summed E-state index contributed by atoms with van der Waals surface area (Å²) in [4.78, 5) is 22.6. The van der Waals surface area contributed by atoms with Gasteiger partial charge >= 0.3 is 12.0 Å². The van der Waals surface area contributed by atoms with Crippen molar-refractivity contribution in [1.29, 1.82) is 0 Å². The summed E-state index contributed by atoms with van der Waals surface area (Å²) in [6, 6.07) is 5.81. The Labute approximate surface area is 120 Å². The second-order valence-corrected chi connectivity index (χ2v) is 4.58. The average Bonchev–Trinajstić information content (AvgIpc) is 2.84. The molecule has 0 bridgehead atoms. The fourth-order valence-corrected chi connectivity index (χ4v) is 1.77. The second-order valence-electron chi connectivity index (χ2n) is 4.58. The maximum atomic E-state index is 11.8. The molecular formula is C14H15N3O4. The smallest absolute Gasteiger partial charge is 0.335 e. The van der Waals surface area contributed by atoms with Gasteiger partial charge in [-0.15, -0.1) is 0 Å². The Morgan fingerprint density at radius 1 is 1.29 bits per heavy atom. The summed E-state index contributed by atoms with van der Waals surface area (Å²) in [7, 11) is 0. The molecule has 0 radical (unpaired) electrons. The molecule has 2 rings (SSSR count). The Kier molecular flexibility index (Phi) is 4.22. The largest absolute Gasteiger partial charge is 0.478 e. The van der Waals surface area contributed by atoms with Crippen molar-refractivity contribution in [2.45, 2.75) is 20.4 Å². The zero-order valence-corrected chi connectivity index (χ0v) is 11.6. The highest BCUT2D eigenvalue weighted by Crippen LogP contribution is 2.16. The van der Waals surface area contributed by atoms with Crippen LogP contribution in [-0.4, -0.2) is 22.3 Å². The number of rotatable bonds is 4. The molecule has 0 fully saturated rings. The molecule has 0 aliphatic rings. The van der Waals surface area contributed by atoms with E-state index in [-0.39, 0.29) is 12.1 Å². The van der Waals surface area contributed by atoms with Crippen LogP contribution in [0.3, 0.4) is 0 Å². The summed E-state index contributed by atoms with van der Waals surface area (Å²) < 4.78 is 4.97. The van der Waals surface area contributed by atoms with E-state index in [0.717, 1.165) is 5.69 Å². The molecule has 0 atom stereocenters. The Morgan fingerprint density at radius 3 is 2.62 bits per heavy atom. The van der Waals surface area contributed by atoms with Gasteiger partial charge in [-0.25, -0.2) is 9.59 Å². The van der Waals surface area contributed by atoms with E-state index in [0.29, 0.717) is 17.0 Å². The number of hydrogen-bond acceptors (Lipinski definition) is 4. The quantitative estimate of drug-likeness (QED) is 0.801. The van der Waals surface area contributed by atoms with E-state index >= 15 is 0 Å². The van der Waals surface area contributed by atoms with Crippen LogP contribution in [0.1, 0.15) is 27.4 Å². The number of benzene rings is 1. The van der Waals surface area contributed by atoms with Gasteiger partial charge in [0.25, 0.3) is 0 Å². The lowest BCUT2D eigenvalue weighted by atomic mass is 10.1. The van der Waals surface area contributed by atoms with E-state index in [9.17, 15) is 9.59 Å². The number of urea groups is 1. The third-order valence-electron chi connectivity index (χ3n) is 2.82. The molecule has 2 aromatic rings. The number of aromatic carboxylic acids is 1.